The molecule has 0 saturated carbocycles. The second-order valence-corrected chi connectivity index (χ2v) is 5.60. The summed E-state index contributed by atoms with van der Waals surface area (Å²) in [4.78, 5) is 15.5. The molecule has 0 aliphatic heterocycles. The fourth-order valence-electron chi connectivity index (χ4n) is 2.19. The summed E-state index contributed by atoms with van der Waals surface area (Å²) in [6.07, 6.45) is 2.06. The van der Waals surface area contributed by atoms with Crippen LogP contribution in [0.3, 0.4) is 0 Å². The zero-order chi connectivity index (χ0) is 17.8. The van der Waals surface area contributed by atoms with Crippen LogP contribution in [0.2, 0.25) is 5.02 Å². The van der Waals surface area contributed by atoms with E-state index in [1.165, 1.54) is 18.3 Å². The predicted octanol–water partition coefficient (Wildman–Crippen LogP) is 5.31. The minimum atomic E-state index is -0.742. The molecule has 2 N–H and O–H groups in total. The fourth-order valence-corrected chi connectivity index (χ4v) is 2.38. The Morgan fingerprint density at radius 2 is 1.84 bits per heavy atom. The maximum absolute atomic E-state index is 13.7. The SMILES string of the molecule is O=Cc1cc(Nc2ccc(F)cc2F)cnc1Nc1cccc(Cl)c1. The van der Waals surface area contributed by atoms with Gasteiger partial charge in [0.2, 0.25) is 0 Å². The van der Waals surface area contributed by atoms with Gasteiger partial charge in [-0.15, -0.1) is 0 Å². The van der Waals surface area contributed by atoms with Crippen molar-refractivity contribution in [1.82, 2.24) is 4.98 Å². The minimum Gasteiger partial charge on any atom is -0.352 e. The molecule has 2 aromatic carbocycles. The molecule has 1 heterocycles. The summed E-state index contributed by atoms with van der Waals surface area (Å²) in [5.41, 5.74) is 1.42. The highest BCUT2D eigenvalue weighted by molar-refractivity contribution is 6.30. The van der Waals surface area contributed by atoms with Crippen LogP contribution in [-0.2, 0) is 0 Å². The lowest BCUT2D eigenvalue weighted by Crippen LogP contribution is -2.01. The lowest BCUT2D eigenvalue weighted by Gasteiger charge is -2.11. The average molecular weight is 360 g/mol. The fraction of sp³-hybridized carbons (Fsp3) is 0. The van der Waals surface area contributed by atoms with E-state index in [1.54, 1.807) is 24.3 Å². The number of hydrogen-bond donors (Lipinski definition) is 2. The third-order valence-electron chi connectivity index (χ3n) is 3.34. The summed E-state index contributed by atoms with van der Waals surface area (Å²) in [5, 5.41) is 6.30. The van der Waals surface area contributed by atoms with Gasteiger partial charge in [0.05, 0.1) is 23.1 Å². The van der Waals surface area contributed by atoms with Crippen LogP contribution in [0.15, 0.2) is 54.7 Å². The Balaban J connectivity index is 1.85. The molecule has 1 aromatic heterocycles. The molecule has 0 bridgehead atoms. The van der Waals surface area contributed by atoms with Crippen LogP contribution in [0.25, 0.3) is 0 Å². The Morgan fingerprint density at radius 3 is 2.56 bits per heavy atom. The van der Waals surface area contributed by atoms with Gasteiger partial charge < -0.3 is 10.6 Å². The number of nitrogens with one attached hydrogen (secondary N) is 2. The molecule has 0 saturated heterocycles. The second-order valence-electron chi connectivity index (χ2n) is 5.16. The Kier molecular flexibility index (Phi) is 4.90. The van der Waals surface area contributed by atoms with Gasteiger partial charge in [0.1, 0.15) is 17.5 Å². The zero-order valence-electron chi connectivity index (χ0n) is 12.8. The Bertz CT molecular complexity index is 934. The Hall–Kier alpha value is -2.99. The highest BCUT2D eigenvalue weighted by Gasteiger charge is 2.09. The number of carbonyl (C=O) groups is 1. The van der Waals surface area contributed by atoms with Crippen LogP contribution >= 0.6 is 11.6 Å². The first-order valence-corrected chi connectivity index (χ1v) is 7.63. The molecule has 4 nitrogen and oxygen atoms in total. The molecule has 0 fully saturated rings. The monoisotopic (exact) mass is 359 g/mol. The van der Waals surface area contributed by atoms with Crippen LogP contribution in [0.5, 0.6) is 0 Å². The molecule has 7 heteroatoms. The average Bonchev–Trinajstić information content (AvgIpc) is 2.58. The molecule has 3 aromatic rings. The normalized spacial score (nSPS) is 10.4. The van der Waals surface area contributed by atoms with Crippen molar-refractivity contribution in [2.75, 3.05) is 10.6 Å². The predicted molar refractivity (Wildman–Crippen MR) is 94.0 cm³/mol. The van der Waals surface area contributed by atoms with Crippen molar-refractivity contribution in [2.24, 2.45) is 0 Å². The molecule has 0 atom stereocenters. The number of pyridine rings is 1. The van der Waals surface area contributed by atoms with Gasteiger partial charge in [-0.1, -0.05) is 17.7 Å². The summed E-state index contributed by atoms with van der Waals surface area (Å²) in [7, 11) is 0. The molecule has 25 heavy (non-hydrogen) atoms. The smallest absolute Gasteiger partial charge is 0.153 e. The van der Waals surface area contributed by atoms with Crippen molar-refractivity contribution in [3.63, 3.8) is 0 Å². The van der Waals surface area contributed by atoms with Gasteiger partial charge in [-0.2, -0.15) is 0 Å². The van der Waals surface area contributed by atoms with Crippen LogP contribution in [-0.4, -0.2) is 11.3 Å². The summed E-state index contributed by atoms with van der Waals surface area (Å²) in [5.74, 6) is -1.08. The van der Waals surface area contributed by atoms with Crippen molar-refractivity contribution >= 4 is 40.8 Å². The molecule has 126 valence electrons. The summed E-state index contributed by atoms with van der Waals surface area (Å²) >= 11 is 5.92. The summed E-state index contributed by atoms with van der Waals surface area (Å²) < 4.78 is 26.7. The molecule has 0 spiro atoms. The zero-order valence-corrected chi connectivity index (χ0v) is 13.5. The number of aldehydes is 1. The van der Waals surface area contributed by atoms with Crippen molar-refractivity contribution in [1.29, 1.82) is 0 Å². The lowest BCUT2D eigenvalue weighted by atomic mass is 10.2. The first-order valence-electron chi connectivity index (χ1n) is 7.25. The number of halogens is 3. The van der Waals surface area contributed by atoms with Crippen LogP contribution in [0, 0.1) is 11.6 Å². The number of hydrogen-bond acceptors (Lipinski definition) is 4. The number of aromatic nitrogens is 1. The topological polar surface area (TPSA) is 54.0 Å². The molecule has 0 radical (unpaired) electrons. The minimum absolute atomic E-state index is 0.0793. The summed E-state index contributed by atoms with van der Waals surface area (Å²) in [6.45, 7) is 0. The van der Waals surface area contributed by atoms with Crippen molar-refractivity contribution < 1.29 is 13.6 Å². The Morgan fingerprint density at radius 1 is 1.00 bits per heavy atom. The standard InChI is InChI=1S/C18H12ClF2N3O/c19-12-2-1-3-14(7-12)24-18-11(10-25)6-15(9-22-18)23-17-5-4-13(20)8-16(17)21/h1-10,23H,(H,22,24). The van der Waals surface area contributed by atoms with Gasteiger partial charge in [-0.05, 0) is 36.4 Å². The Labute approximate surface area is 147 Å². The van der Waals surface area contributed by atoms with E-state index < -0.39 is 11.6 Å². The quantitative estimate of drug-likeness (QED) is 0.606. The van der Waals surface area contributed by atoms with Crippen LogP contribution < -0.4 is 10.6 Å². The van der Waals surface area contributed by atoms with E-state index in [0.717, 1.165) is 12.1 Å². The van der Waals surface area contributed by atoms with Gasteiger partial charge in [0.15, 0.2) is 6.29 Å². The van der Waals surface area contributed by atoms with Crippen molar-refractivity contribution in [3.05, 3.63) is 76.9 Å². The number of nitrogens with zero attached hydrogens (tertiary/aromatic N) is 1. The van der Waals surface area contributed by atoms with Gasteiger partial charge in [0, 0.05) is 16.8 Å². The number of benzene rings is 2. The molecule has 0 aliphatic carbocycles. The first-order chi connectivity index (χ1) is 12.0. The van der Waals surface area contributed by atoms with E-state index in [4.69, 9.17) is 11.6 Å². The lowest BCUT2D eigenvalue weighted by molar-refractivity contribution is 0.112. The molecular weight excluding hydrogens is 348 g/mol. The highest BCUT2D eigenvalue weighted by atomic mass is 35.5. The van der Waals surface area contributed by atoms with E-state index in [2.05, 4.69) is 15.6 Å². The van der Waals surface area contributed by atoms with Crippen molar-refractivity contribution in [3.8, 4) is 0 Å². The van der Waals surface area contributed by atoms with E-state index in [-0.39, 0.29) is 11.3 Å². The van der Waals surface area contributed by atoms with E-state index in [0.29, 0.717) is 28.5 Å². The molecule has 0 unspecified atom stereocenters. The largest absolute Gasteiger partial charge is 0.352 e. The van der Waals surface area contributed by atoms with E-state index in [1.807, 2.05) is 0 Å². The highest BCUT2D eigenvalue weighted by Crippen LogP contribution is 2.25. The van der Waals surface area contributed by atoms with Crippen LogP contribution in [0.1, 0.15) is 10.4 Å². The summed E-state index contributed by atoms with van der Waals surface area (Å²) in [6, 6.07) is 11.6. The number of anilines is 4. The molecule has 0 aliphatic rings. The van der Waals surface area contributed by atoms with Crippen molar-refractivity contribution in [2.45, 2.75) is 0 Å². The van der Waals surface area contributed by atoms with Crippen LogP contribution in [0.4, 0.5) is 31.7 Å². The number of rotatable bonds is 5. The second kappa shape index (κ2) is 7.27. The number of carbonyl (C=O) groups excluding carboxylic acids is 1. The van der Waals surface area contributed by atoms with Gasteiger partial charge in [-0.3, -0.25) is 4.79 Å². The van der Waals surface area contributed by atoms with Gasteiger partial charge in [0.25, 0.3) is 0 Å². The maximum Gasteiger partial charge on any atom is 0.153 e. The van der Waals surface area contributed by atoms with E-state index in [9.17, 15) is 13.6 Å². The first kappa shape index (κ1) is 16.9. The molecule has 3 rings (SSSR count). The van der Waals surface area contributed by atoms with E-state index >= 15 is 0 Å². The molecular formula is C18H12ClF2N3O. The maximum atomic E-state index is 13.7. The van der Waals surface area contributed by atoms with Gasteiger partial charge in [-0.25, -0.2) is 13.8 Å². The molecule has 0 amide bonds. The third kappa shape index (κ3) is 4.10. The van der Waals surface area contributed by atoms with Gasteiger partial charge >= 0.3 is 0 Å². The third-order valence-corrected chi connectivity index (χ3v) is 3.58.